The van der Waals surface area contributed by atoms with Crippen molar-refractivity contribution in [2.75, 3.05) is 0 Å². The van der Waals surface area contributed by atoms with Crippen LogP contribution in [0.5, 0.6) is 0 Å². The molecule has 3 nitrogen and oxygen atoms in total. The summed E-state index contributed by atoms with van der Waals surface area (Å²) in [5, 5.41) is 9.98. The zero-order valence-electron chi connectivity index (χ0n) is 14.1. The van der Waals surface area contributed by atoms with E-state index in [1.54, 1.807) is 12.1 Å². The molecule has 3 rings (SSSR count). The number of hydrogen-bond acceptors (Lipinski definition) is 2. The van der Waals surface area contributed by atoms with Crippen LogP contribution in [-0.2, 0) is 6.18 Å². The first kappa shape index (κ1) is 17.9. The molecule has 1 N–H and O–H groups in total. The quantitative estimate of drug-likeness (QED) is 0.648. The lowest BCUT2D eigenvalue weighted by Crippen LogP contribution is -2.08. The summed E-state index contributed by atoms with van der Waals surface area (Å²) in [5.41, 5.74) is 0.152. The lowest BCUT2D eigenvalue weighted by Gasteiger charge is -2.15. The van der Waals surface area contributed by atoms with Gasteiger partial charge in [0.1, 0.15) is 0 Å². The van der Waals surface area contributed by atoms with E-state index in [2.05, 4.69) is 4.98 Å². The minimum absolute atomic E-state index is 0.00377. The number of para-hydroxylation sites is 1. The molecule has 0 fully saturated rings. The fourth-order valence-electron chi connectivity index (χ4n) is 3.01. The molecule has 0 aliphatic rings. The number of carboxylic acid groups (broad SMARTS) is 1. The second-order valence-electron chi connectivity index (χ2n) is 6.30. The zero-order valence-corrected chi connectivity index (χ0v) is 14.1. The number of carbonyl (C=O) groups is 1. The SMILES string of the molecule is CC(C)c1cccc2c(C(=O)O)cc(-c3ccccc3C(F)(F)F)nc12. The van der Waals surface area contributed by atoms with Crippen molar-refractivity contribution in [2.24, 2.45) is 0 Å². The van der Waals surface area contributed by atoms with Crippen molar-refractivity contribution >= 4 is 16.9 Å². The third-order valence-corrected chi connectivity index (χ3v) is 4.23. The lowest BCUT2D eigenvalue weighted by atomic mass is 9.95. The Morgan fingerprint density at radius 1 is 1.08 bits per heavy atom. The molecule has 0 bridgehead atoms. The fourth-order valence-corrected chi connectivity index (χ4v) is 3.01. The first-order valence-electron chi connectivity index (χ1n) is 8.03. The number of aromatic carboxylic acids is 1. The van der Waals surface area contributed by atoms with Crippen LogP contribution in [0, 0.1) is 0 Å². The molecule has 6 heteroatoms. The van der Waals surface area contributed by atoms with E-state index in [4.69, 9.17) is 0 Å². The molecule has 0 aliphatic carbocycles. The van der Waals surface area contributed by atoms with Crippen LogP contribution >= 0.6 is 0 Å². The van der Waals surface area contributed by atoms with Crippen LogP contribution in [0.15, 0.2) is 48.5 Å². The Labute approximate surface area is 148 Å². The van der Waals surface area contributed by atoms with Crippen molar-refractivity contribution in [1.29, 1.82) is 0 Å². The highest BCUT2D eigenvalue weighted by atomic mass is 19.4. The third-order valence-electron chi connectivity index (χ3n) is 4.23. The van der Waals surface area contributed by atoms with E-state index < -0.39 is 17.7 Å². The van der Waals surface area contributed by atoms with E-state index in [-0.39, 0.29) is 22.7 Å². The summed E-state index contributed by atoms with van der Waals surface area (Å²) < 4.78 is 40.1. The van der Waals surface area contributed by atoms with Crippen molar-refractivity contribution in [3.63, 3.8) is 0 Å². The molecule has 0 unspecified atom stereocenters. The predicted molar refractivity (Wildman–Crippen MR) is 93.2 cm³/mol. The van der Waals surface area contributed by atoms with Crippen molar-refractivity contribution in [3.05, 3.63) is 65.2 Å². The molecule has 0 radical (unpaired) electrons. The smallest absolute Gasteiger partial charge is 0.417 e. The summed E-state index contributed by atoms with van der Waals surface area (Å²) in [6, 6.07) is 11.4. The van der Waals surface area contributed by atoms with E-state index >= 15 is 0 Å². The van der Waals surface area contributed by atoms with Gasteiger partial charge in [-0.05, 0) is 23.6 Å². The van der Waals surface area contributed by atoms with Crippen LogP contribution in [0.2, 0.25) is 0 Å². The number of benzene rings is 2. The molecule has 0 aliphatic heterocycles. The Kier molecular flexibility index (Phi) is 4.44. The number of carboxylic acids is 1. The Morgan fingerprint density at radius 3 is 2.38 bits per heavy atom. The number of rotatable bonds is 3. The van der Waals surface area contributed by atoms with Gasteiger partial charge in [0.2, 0.25) is 0 Å². The molecule has 0 saturated heterocycles. The number of alkyl halides is 3. The van der Waals surface area contributed by atoms with Gasteiger partial charge in [0, 0.05) is 10.9 Å². The molecule has 1 aromatic heterocycles. The highest BCUT2D eigenvalue weighted by Gasteiger charge is 2.34. The Bertz CT molecular complexity index is 994. The van der Waals surface area contributed by atoms with Gasteiger partial charge in [0.05, 0.1) is 22.3 Å². The zero-order chi connectivity index (χ0) is 19.1. The molecule has 0 amide bonds. The minimum Gasteiger partial charge on any atom is -0.478 e. The molecular formula is C20H16F3NO2. The van der Waals surface area contributed by atoms with Crippen LogP contribution in [0.1, 0.15) is 41.3 Å². The van der Waals surface area contributed by atoms with Gasteiger partial charge in [-0.3, -0.25) is 0 Å². The van der Waals surface area contributed by atoms with Crippen LogP contribution in [-0.4, -0.2) is 16.1 Å². The van der Waals surface area contributed by atoms with E-state index in [9.17, 15) is 23.1 Å². The number of fused-ring (bicyclic) bond motifs is 1. The van der Waals surface area contributed by atoms with E-state index in [1.807, 2.05) is 19.9 Å². The Balaban J connectivity index is 2.39. The van der Waals surface area contributed by atoms with Gasteiger partial charge >= 0.3 is 12.1 Å². The lowest BCUT2D eigenvalue weighted by molar-refractivity contribution is -0.137. The summed E-state index contributed by atoms with van der Waals surface area (Å²) >= 11 is 0. The van der Waals surface area contributed by atoms with Crippen LogP contribution < -0.4 is 0 Å². The van der Waals surface area contributed by atoms with Gasteiger partial charge in [0.25, 0.3) is 0 Å². The number of nitrogens with zero attached hydrogens (tertiary/aromatic N) is 1. The van der Waals surface area contributed by atoms with Crippen molar-refractivity contribution < 1.29 is 23.1 Å². The van der Waals surface area contributed by atoms with Crippen molar-refractivity contribution in [2.45, 2.75) is 25.9 Å². The molecule has 3 aromatic rings. The van der Waals surface area contributed by atoms with E-state index in [1.165, 1.54) is 24.3 Å². The predicted octanol–water partition coefficient (Wildman–Crippen LogP) is 5.74. The van der Waals surface area contributed by atoms with Gasteiger partial charge < -0.3 is 5.11 Å². The van der Waals surface area contributed by atoms with E-state index in [0.29, 0.717) is 10.9 Å². The second kappa shape index (κ2) is 6.44. The average Bonchev–Trinajstić information content (AvgIpc) is 2.59. The third kappa shape index (κ3) is 3.14. The highest BCUT2D eigenvalue weighted by molar-refractivity contribution is 6.04. The largest absolute Gasteiger partial charge is 0.478 e. The van der Waals surface area contributed by atoms with Gasteiger partial charge in [-0.15, -0.1) is 0 Å². The topological polar surface area (TPSA) is 50.2 Å². The minimum atomic E-state index is -4.56. The van der Waals surface area contributed by atoms with Crippen LogP contribution in [0.4, 0.5) is 13.2 Å². The first-order chi connectivity index (χ1) is 12.2. The molecule has 134 valence electrons. The van der Waals surface area contributed by atoms with Crippen molar-refractivity contribution in [1.82, 2.24) is 4.98 Å². The second-order valence-corrected chi connectivity index (χ2v) is 6.30. The molecule has 1 heterocycles. The molecule has 26 heavy (non-hydrogen) atoms. The first-order valence-corrected chi connectivity index (χ1v) is 8.03. The number of pyridine rings is 1. The van der Waals surface area contributed by atoms with E-state index in [0.717, 1.165) is 11.6 Å². The Morgan fingerprint density at radius 2 is 1.77 bits per heavy atom. The maximum absolute atomic E-state index is 13.4. The summed E-state index contributed by atoms with van der Waals surface area (Å²) in [5.74, 6) is -1.16. The number of hydrogen-bond donors (Lipinski definition) is 1. The number of aromatic nitrogens is 1. The summed E-state index contributed by atoms with van der Waals surface area (Å²) in [4.78, 5) is 16.1. The molecule has 2 aromatic carbocycles. The standard InChI is InChI=1S/C20H16F3NO2/c1-11(2)12-7-5-8-13-15(19(25)26)10-17(24-18(12)13)14-6-3-4-9-16(14)20(21,22)23/h3-11H,1-2H3,(H,25,26). The molecule has 0 atom stereocenters. The normalized spacial score (nSPS) is 11.9. The van der Waals surface area contributed by atoms with Crippen molar-refractivity contribution in [3.8, 4) is 11.3 Å². The maximum atomic E-state index is 13.4. The molecule has 0 spiro atoms. The van der Waals surface area contributed by atoms with Gasteiger partial charge in [0.15, 0.2) is 0 Å². The Hall–Kier alpha value is -2.89. The van der Waals surface area contributed by atoms with Crippen LogP contribution in [0.3, 0.4) is 0 Å². The number of halogens is 3. The summed E-state index contributed by atoms with van der Waals surface area (Å²) in [6.07, 6.45) is -4.56. The summed E-state index contributed by atoms with van der Waals surface area (Å²) in [6.45, 7) is 3.85. The monoisotopic (exact) mass is 359 g/mol. The fraction of sp³-hybridized carbons (Fsp3) is 0.200. The van der Waals surface area contributed by atoms with Gasteiger partial charge in [-0.25, -0.2) is 9.78 Å². The molecule has 0 saturated carbocycles. The highest BCUT2D eigenvalue weighted by Crippen LogP contribution is 2.38. The average molecular weight is 359 g/mol. The van der Waals surface area contributed by atoms with Gasteiger partial charge in [-0.2, -0.15) is 13.2 Å². The summed E-state index contributed by atoms with van der Waals surface area (Å²) in [7, 11) is 0. The van der Waals surface area contributed by atoms with Crippen LogP contribution in [0.25, 0.3) is 22.2 Å². The maximum Gasteiger partial charge on any atom is 0.417 e. The van der Waals surface area contributed by atoms with Gasteiger partial charge in [-0.1, -0.05) is 50.2 Å². The molecular weight excluding hydrogens is 343 g/mol.